The Hall–Kier alpha value is -1.11. The van der Waals surface area contributed by atoms with Crippen molar-refractivity contribution >= 4 is 6.29 Å². The molecule has 0 spiro atoms. The van der Waals surface area contributed by atoms with Crippen LogP contribution >= 0.6 is 0 Å². The molecule has 0 N–H and O–H groups in total. The molecule has 0 saturated heterocycles. The summed E-state index contributed by atoms with van der Waals surface area (Å²) in [4.78, 5) is 9.99. The number of hydrogen-bond donors (Lipinski definition) is 0. The number of carbonyl (C=O) groups is 1. The molecule has 0 aromatic heterocycles. The van der Waals surface area contributed by atoms with Crippen molar-refractivity contribution in [3.63, 3.8) is 0 Å². The van der Waals surface area contributed by atoms with E-state index >= 15 is 0 Å². The maximum atomic E-state index is 9.99. The minimum Gasteiger partial charge on any atom is -0.298 e. The van der Waals surface area contributed by atoms with E-state index < -0.39 is 0 Å². The van der Waals surface area contributed by atoms with Gasteiger partial charge in [-0.1, -0.05) is 18.7 Å². The highest BCUT2D eigenvalue weighted by Gasteiger charge is 1.95. The van der Waals surface area contributed by atoms with Gasteiger partial charge in [0.2, 0.25) is 0 Å². The van der Waals surface area contributed by atoms with Crippen LogP contribution in [-0.4, -0.2) is 6.29 Å². The van der Waals surface area contributed by atoms with Crippen LogP contribution in [0.3, 0.4) is 0 Å². The smallest absolute Gasteiger partial charge is 0.150 e. The van der Waals surface area contributed by atoms with Crippen LogP contribution in [-0.2, 0) is 4.79 Å². The lowest BCUT2D eigenvalue weighted by Gasteiger charge is -1.75. The minimum atomic E-state index is 0.704. The first kappa shape index (κ1) is 5.04. The third-order valence-electron chi connectivity index (χ3n) is 0.978. The van der Waals surface area contributed by atoms with Crippen molar-refractivity contribution in [1.82, 2.24) is 0 Å². The van der Waals surface area contributed by atoms with Crippen LogP contribution in [0.15, 0.2) is 36.0 Å². The average Bonchev–Trinajstić information content (AvgIpc) is 2.14. The van der Waals surface area contributed by atoms with Gasteiger partial charge in [-0.25, -0.2) is 0 Å². The third kappa shape index (κ3) is 0.757. The minimum absolute atomic E-state index is 0.704. The predicted molar refractivity (Wildman–Crippen MR) is 32.4 cm³/mol. The number of carbonyl (C=O) groups excluding carboxylic acids is 1. The second-order valence-electron chi connectivity index (χ2n) is 1.67. The van der Waals surface area contributed by atoms with Crippen molar-refractivity contribution in [2.45, 2.75) is 0 Å². The van der Waals surface area contributed by atoms with E-state index in [-0.39, 0.29) is 0 Å². The highest BCUT2D eigenvalue weighted by Crippen LogP contribution is 2.09. The molecular formula is C7H6O. The van der Waals surface area contributed by atoms with Gasteiger partial charge in [-0.2, -0.15) is 0 Å². The van der Waals surface area contributed by atoms with Gasteiger partial charge in [0, 0.05) is 5.57 Å². The molecule has 0 aliphatic heterocycles. The summed E-state index contributed by atoms with van der Waals surface area (Å²) in [5, 5.41) is 0. The fourth-order valence-electron chi connectivity index (χ4n) is 0.587. The molecule has 0 fully saturated rings. The number of aldehydes is 1. The molecule has 40 valence electrons. The summed E-state index contributed by atoms with van der Waals surface area (Å²) >= 11 is 0. The van der Waals surface area contributed by atoms with E-state index in [1.807, 2.05) is 6.08 Å². The molecule has 1 aliphatic rings. The first-order valence-corrected chi connectivity index (χ1v) is 2.37. The molecule has 0 saturated carbocycles. The van der Waals surface area contributed by atoms with Gasteiger partial charge < -0.3 is 0 Å². The lowest BCUT2D eigenvalue weighted by Crippen LogP contribution is -1.70. The van der Waals surface area contributed by atoms with E-state index in [0.717, 1.165) is 11.9 Å². The molecule has 1 rings (SSSR count). The highest BCUT2D eigenvalue weighted by molar-refractivity contribution is 5.81. The Morgan fingerprint density at radius 2 is 2.25 bits per heavy atom. The molecule has 0 amide bonds. The first-order chi connectivity index (χ1) is 3.83. The Kier molecular flexibility index (Phi) is 1.12. The standard InChI is InChI=1S/C7H6O/c1-6-2-3-7(4-6)5-8/h2-5H,1H2. The maximum absolute atomic E-state index is 9.99. The quantitative estimate of drug-likeness (QED) is 0.459. The topological polar surface area (TPSA) is 17.1 Å². The Morgan fingerprint density at radius 1 is 1.50 bits per heavy atom. The summed E-state index contributed by atoms with van der Waals surface area (Å²) in [5.41, 5.74) is 1.60. The zero-order valence-electron chi connectivity index (χ0n) is 4.42. The molecule has 0 aromatic carbocycles. The van der Waals surface area contributed by atoms with Crippen molar-refractivity contribution in [3.8, 4) is 0 Å². The van der Waals surface area contributed by atoms with E-state index in [4.69, 9.17) is 0 Å². The van der Waals surface area contributed by atoms with Gasteiger partial charge >= 0.3 is 0 Å². The molecule has 1 nitrogen and oxygen atoms in total. The predicted octanol–water partition coefficient (Wildman–Crippen LogP) is 1.24. The van der Waals surface area contributed by atoms with Gasteiger partial charge in [0.25, 0.3) is 0 Å². The van der Waals surface area contributed by atoms with Crippen molar-refractivity contribution in [1.29, 1.82) is 0 Å². The van der Waals surface area contributed by atoms with Crippen LogP contribution in [0.25, 0.3) is 0 Å². The summed E-state index contributed by atoms with van der Waals surface area (Å²) in [6.07, 6.45) is 6.11. The van der Waals surface area contributed by atoms with Crippen LogP contribution in [0, 0.1) is 0 Å². The van der Waals surface area contributed by atoms with Gasteiger partial charge in [-0.05, 0) is 11.6 Å². The van der Waals surface area contributed by atoms with Gasteiger partial charge in [-0.15, -0.1) is 0 Å². The SMILES string of the molecule is C=C1C=CC(C=O)=C1. The molecule has 0 unspecified atom stereocenters. The average molecular weight is 106 g/mol. The summed E-state index contributed by atoms with van der Waals surface area (Å²) < 4.78 is 0. The van der Waals surface area contributed by atoms with E-state index in [2.05, 4.69) is 6.58 Å². The molecule has 0 radical (unpaired) electrons. The summed E-state index contributed by atoms with van der Waals surface area (Å²) in [7, 11) is 0. The Balaban J connectivity index is 2.87. The second kappa shape index (κ2) is 1.78. The number of allylic oxidation sites excluding steroid dienone is 5. The number of rotatable bonds is 1. The van der Waals surface area contributed by atoms with Crippen LogP contribution in [0.1, 0.15) is 0 Å². The van der Waals surface area contributed by atoms with E-state index in [1.165, 1.54) is 0 Å². The van der Waals surface area contributed by atoms with Crippen molar-refractivity contribution in [2.75, 3.05) is 0 Å². The monoisotopic (exact) mass is 106 g/mol. The molecule has 0 bridgehead atoms. The zero-order chi connectivity index (χ0) is 5.98. The molecule has 0 aromatic rings. The molecule has 1 aliphatic carbocycles. The van der Waals surface area contributed by atoms with E-state index in [1.54, 1.807) is 12.2 Å². The maximum Gasteiger partial charge on any atom is 0.150 e. The van der Waals surface area contributed by atoms with Gasteiger partial charge in [-0.3, -0.25) is 4.79 Å². The van der Waals surface area contributed by atoms with Crippen LogP contribution in [0.4, 0.5) is 0 Å². The second-order valence-corrected chi connectivity index (χ2v) is 1.67. The lowest BCUT2D eigenvalue weighted by molar-refractivity contribution is -0.104. The molecule has 0 heterocycles. The molecular weight excluding hydrogens is 100 g/mol. The molecule has 1 heteroatoms. The van der Waals surface area contributed by atoms with Crippen LogP contribution in [0.2, 0.25) is 0 Å². The molecule has 8 heavy (non-hydrogen) atoms. The highest BCUT2D eigenvalue weighted by atomic mass is 16.1. The first-order valence-electron chi connectivity index (χ1n) is 2.37. The molecule has 0 atom stereocenters. The fraction of sp³-hybridized carbons (Fsp3) is 0. The number of hydrogen-bond acceptors (Lipinski definition) is 1. The Labute approximate surface area is 48.0 Å². The van der Waals surface area contributed by atoms with Gasteiger partial charge in [0.15, 0.2) is 0 Å². The van der Waals surface area contributed by atoms with Crippen molar-refractivity contribution in [3.05, 3.63) is 36.0 Å². The third-order valence-corrected chi connectivity index (χ3v) is 0.978. The largest absolute Gasteiger partial charge is 0.298 e. The summed E-state index contributed by atoms with van der Waals surface area (Å²) in [5.74, 6) is 0. The van der Waals surface area contributed by atoms with E-state index in [0.29, 0.717) is 5.57 Å². The van der Waals surface area contributed by atoms with E-state index in [9.17, 15) is 4.79 Å². The fourth-order valence-corrected chi connectivity index (χ4v) is 0.587. The van der Waals surface area contributed by atoms with Crippen LogP contribution < -0.4 is 0 Å². The van der Waals surface area contributed by atoms with Crippen LogP contribution in [0.5, 0.6) is 0 Å². The summed E-state index contributed by atoms with van der Waals surface area (Å²) in [6.45, 7) is 3.63. The van der Waals surface area contributed by atoms with Gasteiger partial charge in [0.05, 0.1) is 0 Å². The Bertz CT molecular complexity index is 185. The van der Waals surface area contributed by atoms with Crippen molar-refractivity contribution < 1.29 is 4.79 Å². The lowest BCUT2D eigenvalue weighted by atomic mass is 10.3. The normalized spacial score (nSPS) is 16.5. The van der Waals surface area contributed by atoms with Gasteiger partial charge in [0.1, 0.15) is 6.29 Å². The zero-order valence-corrected chi connectivity index (χ0v) is 4.42. The summed E-state index contributed by atoms with van der Waals surface area (Å²) in [6, 6.07) is 0. The Morgan fingerprint density at radius 3 is 2.50 bits per heavy atom. The van der Waals surface area contributed by atoms with Crippen molar-refractivity contribution in [2.24, 2.45) is 0 Å².